The molecule has 0 atom stereocenters. The van der Waals surface area contributed by atoms with E-state index < -0.39 is 23.4 Å². The second kappa shape index (κ2) is 4.48. The Morgan fingerprint density at radius 3 is 2.67 bits per heavy atom. The molecule has 6 heteroatoms. The molecule has 0 aliphatic heterocycles. The van der Waals surface area contributed by atoms with E-state index in [-0.39, 0.29) is 5.69 Å². The summed E-state index contributed by atoms with van der Waals surface area (Å²) in [5.74, 6) is -3.06. The van der Waals surface area contributed by atoms with E-state index in [1.54, 1.807) is 6.92 Å². The first kappa shape index (κ1) is 12.1. The second-order valence-electron chi connectivity index (χ2n) is 3.65. The Labute approximate surface area is 101 Å². The van der Waals surface area contributed by atoms with Crippen molar-refractivity contribution in [1.82, 2.24) is 9.97 Å². The Balaban J connectivity index is 2.62. The molecule has 0 radical (unpaired) electrons. The molecule has 0 unspecified atom stereocenters. The van der Waals surface area contributed by atoms with Crippen LogP contribution in [0.1, 0.15) is 16.2 Å². The Morgan fingerprint density at radius 2 is 2.06 bits per heavy atom. The molecule has 2 aromatic rings. The molecule has 0 amide bonds. The largest absolute Gasteiger partial charge is 0.475 e. The predicted octanol–water partition coefficient (Wildman–Crippen LogP) is 2.43. The molecule has 0 saturated heterocycles. The van der Waals surface area contributed by atoms with Crippen molar-refractivity contribution >= 4 is 5.97 Å². The molecule has 0 bridgehead atoms. The molecule has 1 N–H and O–H groups in total. The molecular weight excluding hydrogens is 242 g/mol. The van der Waals surface area contributed by atoms with Crippen LogP contribution in [0.5, 0.6) is 0 Å². The van der Waals surface area contributed by atoms with Gasteiger partial charge in [-0.3, -0.25) is 0 Å². The SMILES string of the molecule is Cc1cc(F)ccc1-c1nc(C(=O)O)ncc1F. The van der Waals surface area contributed by atoms with Gasteiger partial charge in [0.05, 0.1) is 6.20 Å². The van der Waals surface area contributed by atoms with Crippen LogP contribution in [0.25, 0.3) is 11.3 Å². The summed E-state index contributed by atoms with van der Waals surface area (Å²) in [7, 11) is 0. The lowest BCUT2D eigenvalue weighted by Gasteiger charge is -2.06. The van der Waals surface area contributed by atoms with E-state index in [2.05, 4.69) is 9.97 Å². The normalized spacial score (nSPS) is 10.4. The third-order valence-electron chi connectivity index (χ3n) is 2.38. The van der Waals surface area contributed by atoms with Crippen LogP contribution >= 0.6 is 0 Å². The maximum absolute atomic E-state index is 13.6. The van der Waals surface area contributed by atoms with Gasteiger partial charge in [0.25, 0.3) is 0 Å². The van der Waals surface area contributed by atoms with Crippen LogP contribution < -0.4 is 0 Å². The van der Waals surface area contributed by atoms with Crippen molar-refractivity contribution in [3.8, 4) is 11.3 Å². The van der Waals surface area contributed by atoms with E-state index in [4.69, 9.17) is 5.11 Å². The molecule has 4 nitrogen and oxygen atoms in total. The number of aromatic nitrogens is 2. The zero-order valence-corrected chi connectivity index (χ0v) is 9.32. The minimum atomic E-state index is -1.35. The Bertz CT molecular complexity index is 629. The lowest BCUT2D eigenvalue weighted by Crippen LogP contribution is -2.06. The summed E-state index contributed by atoms with van der Waals surface area (Å²) < 4.78 is 26.5. The topological polar surface area (TPSA) is 63.1 Å². The number of carbonyl (C=O) groups is 1. The van der Waals surface area contributed by atoms with Gasteiger partial charge >= 0.3 is 5.97 Å². The molecule has 1 aromatic carbocycles. The van der Waals surface area contributed by atoms with E-state index in [0.29, 0.717) is 11.1 Å². The van der Waals surface area contributed by atoms with E-state index >= 15 is 0 Å². The van der Waals surface area contributed by atoms with Gasteiger partial charge in [0.15, 0.2) is 5.82 Å². The number of halogens is 2. The van der Waals surface area contributed by atoms with Gasteiger partial charge in [0, 0.05) is 5.56 Å². The molecule has 2 rings (SSSR count). The van der Waals surface area contributed by atoms with Crippen molar-refractivity contribution in [2.75, 3.05) is 0 Å². The Kier molecular flexibility index (Phi) is 3.01. The third-order valence-corrected chi connectivity index (χ3v) is 2.38. The van der Waals surface area contributed by atoms with Gasteiger partial charge in [0.1, 0.15) is 11.5 Å². The van der Waals surface area contributed by atoms with Gasteiger partial charge in [-0.25, -0.2) is 23.5 Å². The average Bonchev–Trinajstić information content (AvgIpc) is 2.30. The fraction of sp³-hybridized carbons (Fsp3) is 0.0833. The van der Waals surface area contributed by atoms with Crippen molar-refractivity contribution in [3.63, 3.8) is 0 Å². The molecule has 18 heavy (non-hydrogen) atoms. The number of rotatable bonds is 2. The molecule has 1 heterocycles. The number of nitrogens with zero attached hydrogens (tertiary/aromatic N) is 2. The summed E-state index contributed by atoms with van der Waals surface area (Å²) in [6, 6.07) is 3.73. The van der Waals surface area contributed by atoms with Crippen LogP contribution in [0, 0.1) is 18.6 Å². The number of benzene rings is 1. The highest BCUT2D eigenvalue weighted by atomic mass is 19.1. The minimum absolute atomic E-state index is 0.153. The first-order valence-electron chi connectivity index (χ1n) is 5.01. The third kappa shape index (κ3) is 2.17. The van der Waals surface area contributed by atoms with Crippen molar-refractivity contribution in [3.05, 3.63) is 47.4 Å². The van der Waals surface area contributed by atoms with Crippen LogP contribution in [0.3, 0.4) is 0 Å². The smallest absolute Gasteiger partial charge is 0.373 e. The maximum Gasteiger partial charge on any atom is 0.373 e. The zero-order valence-electron chi connectivity index (χ0n) is 9.32. The lowest BCUT2D eigenvalue weighted by atomic mass is 10.1. The van der Waals surface area contributed by atoms with Gasteiger partial charge < -0.3 is 5.11 Å². The van der Waals surface area contributed by atoms with Crippen molar-refractivity contribution in [2.45, 2.75) is 6.92 Å². The van der Waals surface area contributed by atoms with Crippen molar-refractivity contribution in [2.24, 2.45) is 0 Å². The van der Waals surface area contributed by atoms with Gasteiger partial charge in [-0.2, -0.15) is 0 Å². The van der Waals surface area contributed by atoms with Crippen LogP contribution in [0.2, 0.25) is 0 Å². The van der Waals surface area contributed by atoms with Crippen LogP contribution in [-0.2, 0) is 0 Å². The molecule has 92 valence electrons. The summed E-state index contributed by atoms with van der Waals surface area (Å²) in [5, 5.41) is 8.75. The fourth-order valence-electron chi connectivity index (χ4n) is 1.55. The molecule has 0 spiro atoms. The fourth-order valence-corrected chi connectivity index (χ4v) is 1.55. The quantitative estimate of drug-likeness (QED) is 0.889. The molecule has 0 aliphatic rings. The highest BCUT2D eigenvalue weighted by molar-refractivity contribution is 5.84. The van der Waals surface area contributed by atoms with Gasteiger partial charge in [-0.15, -0.1) is 0 Å². The van der Waals surface area contributed by atoms with Crippen LogP contribution in [0.4, 0.5) is 8.78 Å². The number of hydrogen-bond donors (Lipinski definition) is 1. The minimum Gasteiger partial charge on any atom is -0.475 e. The van der Waals surface area contributed by atoms with Crippen LogP contribution in [-0.4, -0.2) is 21.0 Å². The number of carboxylic acid groups (broad SMARTS) is 1. The van der Waals surface area contributed by atoms with E-state index in [0.717, 1.165) is 12.3 Å². The number of carboxylic acids is 1. The lowest BCUT2D eigenvalue weighted by molar-refractivity contribution is 0.0683. The zero-order chi connectivity index (χ0) is 13.3. The summed E-state index contributed by atoms with van der Waals surface area (Å²) in [5.41, 5.74) is 0.641. The summed E-state index contributed by atoms with van der Waals surface area (Å²) in [6.45, 7) is 1.58. The Morgan fingerprint density at radius 1 is 1.33 bits per heavy atom. The Hall–Kier alpha value is -2.37. The van der Waals surface area contributed by atoms with Crippen molar-refractivity contribution in [1.29, 1.82) is 0 Å². The van der Waals surface area contributed by atoms with Crippen LogP contribution in [0.15, 0.2) is 24.4 Å². The van der Waals surface area contributed by atoms with Gasteiger partial charge in [-0.1, -0.05) is 0 Å². The standard InChI is InChI=1S/C12H8F2N2O2/c1-6-4-7(13)2-3-8(6)10-9(14)5-15-11(16-10)12(17)18/h2-5H,1H3,(H,17,18). The molecule has 0 saturated carbocycles. The number of hydrogen-bond acceptors (Lipinski definition) is 3. The highest BCUT2D eigenvalue weighted by Gasteiger charge is 2.15. The van der Waals surface area contributed by atoms with Crippen molar-refractivity contribution < 1.29 is 18.7 Å². The molecule has 0 fully saturated rings. The first-order chi connectivity index (χ1) is 8.49. The van der Waals surface area contributed by atoms with Gasteiger partial charge in [-0.05, 0) is 30.7 Å². The predicted molar refractivity (Wildman–Crippen MR) is 59.1 cm³/mol. The van der Waals surface area contributed by atoms with E-state index in [1.165, 1.54) is 12.1 Å². The molecular formula is C12H8F2N2O2. The molecule has 0 aliphatic carbocycles. The summed E-state index contributed by atoms with van der Waals surface area (Å²) >= 11 is 0. The molecule has 1 aromatic heterocycles. The van der Waals surface area contributed by atoms with E-state index in [1.807, 2.05) is 0 Å². The van der Waals surface area contributed by atoms with E-state index in [9.17, 15) is 13.6 Å². The number of aromatic carboxylic acids is 1. The highest BCUT2D eigenvalue weighted by Crippen LogP contribution is 2.24. The maximum atomic E-state index is 13.6. The average molecular weight is 250 g/mol. The first-order valence-corrected chi connectivity index (χ1v) is 5.01. The summed E-state index contributed by atoms with van der Waals surface area (Å²) in [6.07, 6.45) is 0.786. The number of aryl methyl sites for hydroxylation is 1. The summed E-state index contributed by atoms with van der Waals surface area (Å²) in [4.78, 5) is 17.7. The monoisotopic (exact) mass is 250 g/mol. The van der Waals surface area contributed by atoms with Gasteiger partial charge in [0.2, 0.25) is 5.82 Å². The second-order valence-corrected chi connectivity index (χ2v) is 3.65.